The molecule has 0 aliphatic carbocycles. The zero-order valence-electron chi connectivity index (χ0n) is 21.3. The highest BCUT2D eigenvalue weighted by atomic mass is 16.6. The zero-order chi connectivity index (χ0) is 27.5. The molecule has 1 aliphatic heterocycles. The van der Waals surface area contributed by atoms with Crippen molar-refractivity contribution in [1.29, 1.82) is 0 Å². The van der Waals surface area contributed by atoms with Crippen LogP contribution >= 0.6 is 0 Å². The summed E-state index contributed by atoms with van der Waals surface area (Å²) in [7, 11) is 1.75. The summed E-state index contributed by atoms with van der Waals surface area (Å²) >= 11 is 0. The van der Waals surface area contributed by atoms with E-state index in [1.165, 1.54) is 4.57 Å². The fraction of sp³-hybridized carbons (Fsp3) is 0.370. The molecule has 12 nitrogen and oxygen atoms in total. The number of rotatable bonds is 10. The maximum atomic E-state index is 10.8. The number of hydrogen-bond donors (Lipinski definition) is 5. The second kappa shape index (κ2) is 11.5. The van der Waals surface area contributed by atoms with Crippen LogP contribution in [0.3, 0.4) is 0 Å². The van der Waals surface area contributed by atoms with Gasteiger partial charge in [0.15, 0.2) is 17.4 Å². The lowest BCUT2D eigenvalue weighted by Gasteiger charge is -2.25. The Morgan fingerprint density at radius 3 is 2.54 bits per heavy atom. The third kappa shape index (κ3) is 5.12. The molecule has 0 amide bonds. The molecule has 0 radical (unpaired) electrons. The van der Waals surface area contributed by atoms with Gasteiger partial charge in [0.05, 0.1) is 13.2 Å². The van der Waals surface area contributed by atoms with Crippen LogP contribution in [-0.2, 0) is 4.74 Å². The fourth-order valence-electron chi connectivity index (χ4n) is 4.66. The molecule has 1 saturated heterocycles. The maximum absolute atomic E-state index is 10.8. The van der Waals surface area contributed by atoms with Crippen molar-refractivity contribution in [2.24, 2.45) is 0 Å². The van der Waals surface area contributed by atoms with Crippen LogP contribution in [0.4, 0.5) is 11.6 Å². The van der Waals surface area contributed by atoms with Crippen molar-refractivity contribution in [2.75, 3.05) is 31.8 Å². The molecule has 39 heavy (non-hydrogen) atoms. The Hall–Kier alpha value is -3.81. The summed E-state index contributed by atoms with van der Waals surface area (Å²) in [6.07, 6.45) is -2.42. The number of ether oxygens (including phenoxy) is 2. The SMILES string of the molecule is CN(c1ccc(-c2ccccc2)c(OCCCCO)c1)c1nc2c(O)ncnc2n1[C@@H]1O[C@H](CO)[C@@H](O)[C@H]1O. The van der Waals surface area contributed by atoms with Gasteiger partial charge in [-0.3, -0.25) is 4.57 Å². The number of nitrogens with zero attached hydrogens (tertiary/aromatic N) is 5. The van der Waals surface area contributed by atoms with E-state index in [4.69, 9.17) is 14.6 Å². The smallest absolute Gasteiger partial charge is 0.243 e. The van der Waals surface area contributed by atoms with Gasteiger partial charge in [-0.15, -0.1) is 0 Å². The predicted octanol–water partition coefficient (Wildman–Crippen LogP) is 1.73. The van der Waals surface area contributed by atoms with Crippen LogP contribution < -0.4 is 9.64 Å². The summed E-state index contributed by atoms with van der Waals surface area (Å²) in [6.45, 7) is 0.00727. The Morgan fingerprint density at radius 2 is 1.82 bits per heavy atom. The van der Waals surface area contributed by atoms with Crippen molar-refractivity contribution in [3.8, 4) is 22.8 Å². The van der Waals surface area contributed by atoms with E-state index in [0.717, 1.165) is 17.5 Å². The van der Waals surface area contributed by atoms with Crippen molar-refractivity contribution in [1.82, 2.24) is 19.5 Å². The van der Waals surface area contributed by atoms with E-state index in [1.807, 2.05) is 48.5 Å². The third-order valence-corrected chi connectivity index (χ3v) is 6.76. The second-order valence-electron chi connectivity index (χ2n) is 9.26. The van der Waals surface area contributed by atoms with Crippen LogP contribution in [-0.4, -0.2) is 90.2 Å². The van der Waals surface area contributed by atoms with Crippen LogP contribution in [0.15, 0.2) is 54.9 Å². The minimum atomic E-state index is -1.39. The van der Waals surface area contributed by atoms with E-state index < -0.39 is 31.1 Å². The molecule has 4 atom stereocenters. The van der Waals surface area contributed by atoms with Crippen LogP contribution in [0, 0.1) is 0 Å². The molecule has 5 N–H and O–H groups in total. The van der Waals surface area contributed by atoms with Crippen LogP contribution in [0.25, 0.3) is 22.3 Å². The van der Waals surface area contributed by atoms with Gasteiger partial charge in [0.2, 0.25) is 11.8 Å². The van der Waals surface area contributed by atoms with Gasteiger partial charge < -0.3 is 39.9 Å². The van der Waals surface area contributed by atoms with Crippen molar-refractivity contribution in [2.45, 2.75) is 37.4 Å². The number of fused-ring (bicyclic) bond motifs is 1. The fourth-order valence-corrected chi connectivity index (χ4v) is 4.66. The van der Waals surface area contributed by atoms with E-state index in [0.29, 0.717) is 30.9 Å². The van der Waals surface area contributed by atoms with E-state index in [1.54, 1.807) is 11.9 Å². The quantitative estimate of drug-likeness (QED) is 0.187. The molecule has 4 aromatic rings. The molecule has 2 aromatic heterocycles. The largest absolute Gasteiger partial charge is 0.493 e. The molecule has 2 aromatic carbocycles. The number of aliphatic hydroxyl groups is 4. The van der Waals surface area contributed by atoms with Gasteiger partial charge in [-0.1, -0.05) is 30.3 Å². The van der Waals surface area contributed by atoms with Gasteiger partial charge in [0.1, 0.15) is 30.4 Å². The molecule has 5 rings (SSSR count). The van der Waals surface area contributed by atoms with Gasteiger partial charge in [0, 0.05) is 31.0 Å². The Bertz CT molecular complexity index is 1420. The van der Waals surface area contributed by atoms with Crippen molar-refractivity contribution >= 4 is 22.8 Å². The first-order chi connectivity index (χ1) is 18.9. The molecule has 3 heterocycles. The van der Waals surface area contributed by atoms with Gasteiger partial charge in [-0.2, -0.15) is 4.98 Å². The first kappa shape index (κ1) is 26.8. The molecule has 1 aliphatic rings. The van der Waals surface area contributed by atoms with E-state index in [-0.39, 0.29) is 29.6 Å². The Morgan fingerprint density at radius 1 is 1.03 bits per heavy atom. The molecular weight excluding hydrogens is 506 g/mol. The molecule has 1 fully saturated rings. The van der Waals surface area contributed by atoms with Gasteiger partial charge in [0.25, 0.3) is 0 Å². The minimum Gasteiger partial charge on any atom is -0.493 e. The Labute approximate surface area is 224 Å². The van der Waals surface area contributed by atoms with Crippen molar-refractivity contribution in [3.05, 3.63) is 54.9 Å². The first-order valence-electron chi connectivity index (χ1n) is 12.7. The summed E-state index contributed by atoms with van der Waals surface area (Å²) in [5.41, 5.74) is 2.79. The number of benzene rings is 2. The monoisotopic (exact) mass is 537 g/mol. The van der Waals surface area contributed by atoms with Crippen molar-refractivity contribution < 1.29 is 35.0 Å². The number of hydrogen-bond acceptors (Lipinski definition) is 11. The molecule has 0 saturated carbocycles. The van der Waals surface area contributed by atoms with Crippen LogP contribution in [0.2, 0.25) is 0 Å². The predicted molar refractivity (Wildman–Crippen MR) is 142 cm³/mol. The van der Waals surface area contributed by atoms with Gasteiger partial charge in [-0.05, 0) is 30.5 Å². The number of aromatic hydroxyl groups is 1. The van der Waals surface area contributed by atoms with Crippen molar-refractivity contribution in [3.63, 3.8) is 0 Å². The summed E-state index contributed by atoms with van der Waals surface area (Å²) in [4.78, 5) is 14.3. The lowest BCUT2D eigenvalue weighted by atomic mass is 10.0. The molecule has 12 heteroatoms. The molecule has 206 valence electrons. The number of aliphatic hydroxyl groups excluding tert-OH is 4. The van der Waals surface area contributed by atoms with Crippen LogP contribution in [0.5, 0.6) is 11.6 Å². The van der Waals surface area contributed by atoms with E-state index >= 15 is 0 Å². The maximum Gasteiger partial charge on any atom is 0.243 e. The number of unbranched alkanes of at least 4 members (excludes halogenated alkanes) is 1. The highest BCUT2D eigenvalue weighted by molar-refractivity contribution is 5.81. The van der Waals surface area contributed by atoms with E-state index in [2.05, 4.69) is 15.0 Å². The highest BCUT2D eigenvalue weighted by Crippen LogP contribution is 2.40. The topological polar surface area (TPSA) is 166 Å². The number of anilines is 2. The summed E-state index contributed by atoms with van der Waals surface area (Å²) in [5.74, 6) is 0.517. The normalized spacial score (nSPS) is 20.9. The van der Waals surface area contributed by atoms with Gasteiger partial charge >= 0.3 is 0 Å². The molecule has 0 unspecified atom stereocenters. The highest BCUT2D eigenvalue weighted by Gasteiger charge is 2.45. The molecule has 0 spiro atoms. The Balaban J connectivity index is 1.58. The van der Waals surface area contributed by atoms with Crippen LogP contribution in [0.1, 0.15) is 19.1 Å². The van der Waals surface area contributed by atoms with E-state index in [9.17, 15) is 20.4 Å². The molecule has 0 bridgehead atoms. The lowest BCUT2D eigenvalue weighted by Crippen LogP contribution is -2.33. The lowest BCUT2D eigenvalue weighted by molar-refractivity contribution is -0.0503. The average molecular weight is 538 g/mol. The average Bonchev–Trinajstić information content (AvgIpc) is 3.48. The summed E-state index contributed by atoms with van der Waals surface area (Å²) in [6, 6.07) is 15.5. The second-order valence-corrected chi connectivity index (χ2v) is 9.26. The number of aromatic nitrogens is 4. The summed E-state index contributed by atoms with van der Waals surface area (Å²) < 4.78 is 13.4. The Kier molecular flexibility index (Phi) is 7.91. The standard InChI is InChI=1S/C27H31N5O7/c1-31(17-9-10-18(16-7-3-2-4-8-16)19(13-17)38-12-6-5-11-33)27-30-21-24(28-15-29-25(21)37)32(27)26-23(36)22(35)20(14-34)39-26/h2-4,7-10,13,15,20,22-23,26,33-36H,5-6,11-12,14H2,1H3,(H,28,29,37)/t20-,22-,23-,26-/m1/s1. The zero-order valence-corrected chi connectivity index (χ0v) is 21.3. The minimum absolute atomic E-state index is 0.0819. The first-order valence-corrected chi connectivity index (χ1v) is 12.7. The molecular formula is C27H31N5O7. The summed E-state index contributed by atoms with van der Waals surface area (Å²) in [5, 5.41) is 50.3. The number of imidazole rings is 1. The van der Waals surface area contributed by atoms with Gasteiger partial charge in [-0.25, -0.2) is 9.97 Å². The third-order valence-electron chi connectivity index (χ3n) is 6.76.